The molecule has 2 fully saturated rings. The lowest BCUT2D eigenvalue weighted by atomic mass is 10.1. The van der Waals surface area contributed by atoms with Crippen LogP contribution < -0.4 is 5.32 Å². The first kappa shape index (κ1) is 12.6. The van der Waals surface area contributed by atoms with Crippen molar-refractivity contribution < 1.29 is 4.79 Å². The highest BCUT2D eigenvalue weighted by Gasteiger charge is 2.28. The lowest BCUT2D eigenvalue weighted by molar-refractivity contribution is -0.120. The van der Waals surface area contributed by atoms with E-state index in [1.807, 2.05) is 23.1 Å². The highest BCUT2D eigenvalue weighted by Crippen LogP contribution is 2.19. The molecule has 2 aliphatic heterocycles. The van der Waals surface area contributed by atoms with Gasteiger partial charge < -0.3 is 5.32 Å². The van der Waals surface area contributed by atoms with Crippen molar-refractivity contribution in [2.24, 2.45) is 0 Å². The standard InChI is InChI=1S/C13H21N5O/c19-13-2-6-16(7-4-14-13)8-9-17-10-12(11-17)18-5-1-3-15-18/h1,3,5,12H,2,4,6-11H2,(H,14,19). The Bertz CT molecular complexity index is 413. The van der Waals surface area contributed by atoms with Crippen molar-refractivity contribution in [1.29, 1.82) is 0 Å². The van der Waals surface area contributed by atoms with Crippen LogP contribution >= 0.6 is 0 Å². The zero-order valence-corrected chi connectivity index (χ0v) is 11.2. The van der Waals surface area contributed by atoms with Crippen LogP contribution in [0.5, 0.6) is 0 Å². The SMILES string of the molecule is O=C1CCN(CCN2CC(n3cccn3)C2)CCN1. The Morgan fingerprint density at radius 1 is 1.26 bits per heavy atom. The van der Waals surface area contributed by atoms with E-state index in [1.54, 1.807) is 0 Å². The first-order valence-electron chi connectivity index (χ1n) is 7.02. The van der Waals surface area contributed by atoms with E-state index in [0.717, 1.165) is 45.8 Å². The lowest BCUT2D eigenvalue weighted by Crippen LogP contribution is -2.50. The van der Waals surface area contributed by atoms with Gasteiger partial charge in [0.1, 0.15) is 0 Å². The highest BCUT2D eigenvalue weighted by molar-refractivity contribution is 5.76. The van der Waals surface area contributed by atoms with Crippen molar-refractivity contribution in [3.05, 3.63) is 18.5 Å². The van der Waals surface area contributed by atoms with Gasteiger partial charge in [0.25, 0.3) is 0 Å². The Labute approximate surface area is 113 Å². The number of amides is 1. The largest absolute Gasteiger partial charge is 0.355 e. The molecule has 104 valence electrons. The fraction of sp³-hybridized carbons (Fsp3) is 0.692. The number of hydrogen-bond acceptors (Lipinski definition) is 4. The van der Waals surface area contributed by atoms with Crippen LogP contribution in [-0.4, -0.2) is 71.3 Å². The second-order valence-corrected chi connectivity index (χ2v) is 5.34. The maximum absolute atomic E-state index is 11.3. The molecule has 0 spiro atoms. The second kappa shape index (κ2) is 5.71. The van der Waals surface area contributed by atoms with Crippen LogP contribution in [0.15, 0.2) is 18.5 Å². The smallest absolute Gasteiger partial charge is 0.221 e. The molecule has 1 aromatic rings. The minimum Gasteiger partial charge on any atom is -0.355 e. The molecule has 0 aliphatic carbocycles. The molecule has 2 saturated heterocycles. The molecule has 0 unspecified atom stereocenters. The number of nitrogens with one attached hydrogen (secondary N) is 1. The normalized spacial score (nSPS) is 22.8. The van der Waals surface area contributed by atoms with Crippen molar-refractivity contribution in [2.75, 3.05) is 45.8 Å². The van der Waals surface area contributed by atoms with E-state index in [2.05, 4.69) is 20.2 Å². The summed E-state index contributed by atoms with van der Waals surface area (Å²) in [4.78, 5) is 16.1. The van der Waals surface area contributed by atoms with Gasteiger partial charge in [0.2, 0.25) is 5.91 Å². The second-order valence-electron chi connectivity index (χ2n) is 5.34. The molecule has 3 heterocycles. The number of carbonyl (C=O) groups excluding carboxylic acids is 1. The van der Waals surface area contributed by atoms with Crippen LogP contribution in [0.25, 0.3) is 0 Å². The maximum Gasteiger partial charge on any atom is 0.221 e. The number of rotatable bonds is 4. The van der Waals surface area contributed by atoms with Crippen molar-refractivity contribution in [3.63, 3.8) is 0 Å². The molecule has 0 saturated carbocycles. The summed E-state index contributed by atoms with van der Waals surface area (Å²) in [7, 11) is 0. The molecule has 0 aromatic carbocycles. The fourth-order valence-corrected chi connectivity index (χ4v) is 2.71. The van der Waals surface area contributed by atoms with Crippen LogP contribution in [0, 0.1) is 0 Å². The van der Waals surface area contributed by atoms with Gasteiger partial charge in [0, 0.05) is 64.6 Å². The zero-order chi connectivity index (χ0) is 13.1. The lowest BCUT2D eigenvalue weighted by Gasteiger charge is -2.40. The Hall–Kier alpha value is -1.40. The van der Waals surface area contributed by atoms with Crippen LogP contribution in [-0.2, 0) is 4.79 Å². The van der Waals surface area contributed by atoms with Gasteiger partial charge in [0.05, 0.1) is 6.04 Å². The summed E-state index contributed by atoms with van der Waals surface area (Å²) < 4.78 is 2.05. The minimum absolute atomic E-state index is 0.185. The van der Waals surface area contributed by atoms with Gasteiger partial charge in [-0.05, 0) is 6.07 Å². The molecule has 3 rings (SSSR count). The highest BCUT2D eigenvalue weighted by atomic mass is 16.1. The summed E-state index contributed by atoms with van der Waals surface area (Å²) in [5, 5.41) is 7.19. The molecule has 0 radical (unpaired) electrons. The summed E-state index contributed by atoms with van der Waals surface area (Å²) >= 11 is 0. The predicted octanol–water partition coefficient (Wildman–Crippen LogP) is -0.438. The molecule has 19 heavy (non-hydrogen) atoms. The monoisotopic (exact) mass is 263 g/mol. The third kappa shape index (κ3) is 3.13. The fourth-order valence-electron chi connectivity index (χ4n) is 2.71. The first-order valence-corrected chi connectivity index (χ1v) is 7.02. The van der Waals surface area contributed by atoms with E-state index in [1.165, 1.54) is 0 Å². The summed E-state index contributed by atoms with van der Waals surface area (Å²) in [5.74, 6) is 0.185. The first-order chi connectivity index (χ1) is 9.31. The average Bonchev–Trinajstić information content (AvgIpc) is 2.78. The Morgan fingerprint density at radius 2 is 2.11 bits per heavy atom. The molecule has 0 bridgehead atoms. The summed E-state index contributed by atoms with van der Waals surface area (Å²) in [6.45, 7) is 6.98. The van der Waals surface area contributed by atoms with Crippen molar-refractivity contribution >= 4 is 5.91 Å². The van der Waals surface area contributed by atoms with E-state index in [4.69, 9.17) is 0 Å². The molecule has 2 aliphatic rings. The van der Waals surface area contributed by atoms with E-state index < -0.39 is 0 Å². The van der Waals surface area contributed by atoms with Gasteiger partial charge >= 0.3 is 0 Å². The van der Waals surface area contributed by atoms with Crippen molar-refractivity contribution in [1.82, 2.24) is 24.9 Å². The molecule has 0 atom stereocenters. The maximum atomic E-state index is 11.3. The molecule has 1 N–H and O–H groups in total. The van der Waals surface area contributed by atoms with Crippen LogP contribution in [0.1, 0.15) is 12.5 Å². The van der Waals surface area contributed by atoms with Gasteiger partial charge in [-0.2, -0.15) is 5.10 Å². The predicted molar refractivity (Wildman–Crippen MR) is 71.8 cm³/mol. The van der Waals surface area contributed by atoms with Gasteiger partial charge in [-0.1, -0.05) is 0 Å². The number of aromatic nitrogens is 2. The van der Waals surface area contributed by atoms with E-state index in [0.29, 0.717) is 12.5 Å². The van der Waals surface area contributed by atoms with E-state index >= 15 is 0 Å². The van der Waals surface area contributed by atoms with Gasteiger partial charge in [-0.25, -0.2) is 0 Å². The van der Waals surface area contributed by atoms with Crippen LogP contribution in [0.4, 0.5) is 0 Å². The number of likely N-dealkylation sites (tertiary alicyclic amines) is 1. The molecule has 1 amide bonds. The van der Waals surface area contributed by atoms with Gasteiger partial charge in [0.15, 0.2) is 0 Å². The van der Waals surface area contributed by atoms with E-state index in [9.17, 15) is 4.79 Å². The third-order valence-electron chi connectivity index (χ3n) is 3.97. The van der Waals surface area contributed by atoms with Crippen LogP contribution in [0.2, 0.25) is 0 Å². The average molecular weight is 263 g/mol. The Morgan fingerprint density at radius 3 is 2.89 bits per heavy atom. The topological polar surface area (TPSA) is 53.4 Å². The van der Waals surface area contributed by atoms with E-state index in [-0.39, 0.29) is 5.91 Å². The van der Waals surface area contributed by atoms with Gasteiger partial charge in [-0.3, -0.25) is 19.3 Å². The molecular formula is C13H21N5O. The Kier molecular flexibility index (Phi) is 3.79. The summed E-state index contributed by atoms with van der Waals surface area (Å²) in [6, 6.07) is 2.52. The van der Waals surface area contributed by atoms with Gasteiger partial charge in [-0.15, -0.1) is 0 Å². The summed E-state index contributed by atoms with van der Waals surface area (Å²) in [5.41, 5.74) is 0. The quantitative estimate of drug-likeness (QED) is 0.800. The molecular weight excluding hydrogens is 242 g/mol. The van der Waals surface area contributed by atoms with Crippen molar-refractivity contribution in [3.8, 4) is 0 Å². The van der Waals surface area contributed by atoms with Crippen molar-refractivity contribution in [2.45, 2.75) is 12.5 Å². The molecule has 6 heteroatoms. The number of hydrogen-bond donors (Lipinski definition) is 1. The molecule has 6 nitrogen and oxygen atoms in total. The minimum atomic E-state index is 0.185. The number of carbonyl (C=O) groups is 1. The number of nitrogens with zero attached hydrogens (tertiary/aromatic N) is 4. The molecule has 1 aromatic heterocycles. The zero-order valence-electron chi connectivity index (χ0n) is 11.2. The Balaban J connectivity index is 1.36. The van der Waals surface area contributed by atoms with Crippen LogP contribution in [0.3, 0.4) is 0 Å². The third-order valence-corrected chi connectivity index (χ3v) is 3.97. The summed E-state index contributed by atoms with van der Waals surface area (Å²) in [6.07, 6.45) is 4.51.